The first kappa shape index (κ1) is 18.6. The zero-order valence-corrected chi connectivity index (χ0v) is 16.6. The van der Waals surface area contributed by atoms with Gasteiger partial charge in [0.1, 0.15) is 24.6 Å². The van der Waals surface area contributed by atoms with Crippen LogP contribution in [0.25, 0.3) is 5.65 Å². The molecule has 5 rings (SSSR count). The van der Waals surface area contributed by atoms with Crippen LogP contribution in [0, 0.1) is 5.82 Å². The van der Waals surface area contributed by atoms with Crippen LogP contribution in [-0.2, 0) is 6.54 Å². The number of carbonyl (C=O) groups excluding carboxylic acids is 1. The van der Waals surface area contributed by atoms with Gasteiger partial charge in [-0.3, -0.25) is 4.79 Å². The van der Waals surface area contributed by atoms with Crippen LogP contribution >= 0.6 is 0 Å². The zero-order chi connectivity index (χ0) is 20.8. The van der Waals surface area contributed by atoms with Gasteiger partial charge in [0, 0.05) is 5.56 Å². The molecular weight excluding hydrogens is 391 g/mol. The van der Waals surface area contributed by atoms with Crippen LogP contribution in [0.15, 0.2) is 24.7 Å². The van der Waals surface area contributed by atoms with Crippen LogP contribution in [0.1, 0.15) is 36.2 Å². The van der Waals surface area contributed by atoms with Gasteiger partial charge in [-0.05, 0) is 19.4 Å². The molecule has 30 heavy (non-hydrogen) atoms. The summed E-state index contributed by atoms with van der Waals surface area (Å²) in [4.78, 5) is 23.8. The van der Waals surface area contributed by atoms with Crippen molar-refractivity contribution < 1.29 is 18.7 Å². The Morgan fingerprint density at radius 1 is 1.30 bits per heavy atom. The highest BCUT2D eigenvalue weighted by molar-refractivity contribution is 6.00. The maximum Gasteiger partial charge on any atom is 0.257 e. The van der Waals surface area contributed by atoms with Crippen LogP contribution in [-0.4, -0.2) is 50.8 Å². The van der Waals surface area contributed by atoms with Crippen LogP contribution < -0.4 is 19.7 Å². The molecule has 0 spiro atoms. The van der Waals surface area contributed by atoms with E-state index in [2.05, 4.69) is 15.4 Å². The van der Waals surface area contributed by atoms with Gasteiger partial charge in [-0.15, -0.1) is 0 Å². The summed E-state index contributed by atoms with van der Waals surface area (Å²) in [6.07, 6.45) is 5.00. The fourth-order valence-electron chi connectivity index (χ4n) is 3.69. The van der Waals surface area contributed by atoms with Crippen LogP contribution in [0.5, 0.6) is 11.6 Å². The normalized spacial score (nSPS) is 21.0. The van der Waals surface area contributed by atoms with E-state index in [9.17, 15) is 9.18 Å². The number of anilines is 1. The monoisotopic (exact) mass is 412 g/mol. The summed E-state index contributed by atoms with van der Waals surface area (Å²) in [6, 6.07) is 1.14. The number of nitrogens with one attached hydrogen (secondary N) is 1. The Hall–Kier alpha value is -3.43. The lowest BCUT2D eigenvalue weighted by molar-refractivity contribution is 0.0920. The Morgan fingerprint density at radius 2 is 2.17 bits per heavy atom. The molecule has 2 bridgehead atoms. The van der Waals surface area contributed by atoms with Gasteiger partial charge in [0.05, 0.1) is 37.2 Å². The third kappa shape index (κ3) is 3.08. The van der Waals surface area contributed by atoms with E-state index >= 15 is 0 Å². The predicted molar refractivity (Wildman–Crippen MR) is 105 cm³/mol. The average molecular weight is 412 g/mol. The summed E-state index contributed by atoms with van der Waals surface area (Å²) in [6.45, 7) is 4.94. The van der Waals surface area contributed by atoms with Crippen molar-refractivity contribution in [1.82, 2.24) is 24.9 Å². The molecule has 0 fully saturated rings. The van der Waals surface area contributed by atoms with Gasteiger partial charge < -0.3 is 19.7 Å². The third-order valence-electron chi connectivity index (χ3n) is 5.45. The van der Waals surface area contributed by atoms with Crippen molar-refractivity contribution in [2.45, 2.75) is 38.9 Å². The van der Waals surface area contributed by atoms with E-state index in [0.29, 0.717) is 53.8 Å². The number of ether oxygens (including phenoxy) is 2. The van der Waals surface area contributed by atoms with Crippen molar-refractivity contribution in [2.75, 3.05) is 18.1 Å². The van der Waals surface area contributed by atoms with Crippen LogP contribution in [0.3, 0.4) is 0 Å². The largest absolute Gasteiger partial charge is 0.486 e. The molecule has 1 amide bonds. The molecule has 0 radical (unpaired) electrons. The Bertz CT molecular complexity index is 1130. The number of fused-ring (bicyclic) bond motifs is 1. The quantitative estimate of drug-likeness (QED) is 0.653. The number of pyridine rings is 1. The maximum atomic E-state index is 14.0. The van der Waals surface area contributed by atoms with Crippen molar-refractivity contribution in [1.29, 1.82) is 0 Å². The summed E-state index contributed by atoms with van der Waals surface area (Å²) in [5.41, 5.74) is 1.41. The van der Waals surface area contributed by atoms with E-state index in [-0.39, 0.29) is 24.6 Å². The standard InChI is InChI=1S/C20H21FN6O3/c1-3-14-10-30-20-12(4-13(21)5-22-20)7-26-11(2)9-29-16-8-27-17(25-18(16)26)15(6-23-27)19(28)24-14/h4-6,8,11,14H,3,7,9-10H2,1-2H3,(H,24,28)/t11-,14-/m1/s1. The second-order valence-corrected chi connectivity index (χ2v) is 7.55. The number of hydrogen-bond acceptors (Lipinski definition) is 7. The summed E-state index contributed by atoms with van der Waals surface area (Å²) in [7, 11) is 0. The lowest BCUT2D eigenvalue weighted by atomic mass is 10.2. The number of carbonyl (C=O) groups is 1. The highest BCUT2D eigenvalue weighted by Gasteiger charge is 2.30. The molecule has 2 atom stereocenters. The second-order valence-electron chi connectivity index (χ2n) is 7.55. The fraction of sp³-hybridized carbons (Fsp3) is 0.400. The van der Waals surface area contributed by atoms with Gasteiger partial charge in [0.15, 0.2) is 17.2 Å². The summed E-state index contributed by atoms with van der Waals surface area (Å²) >= 11 is 0. The molecule has 3 aromatic rings. The Morgan fingerprint density at radius 3 is 3.00 bits per heavy atom. The van der Waals surface area contributed by atoms with Crippen molar-refractivity contribution in [3.63, 3.8) is 0 Å². The number of rotatable bonds is 1. The summed E-state index contributed by atoms with van der Waals surface area (Å²) in [5, 5.41) is 7.22. The highest BCUT2D eigenvalue weighted by Crippen LogP contribution is 2.35. The molecule has 0 saturated carbocycles. The molecule has 0 saturated heterocycles. The highest BCUT2D eigenvalue weighted by atomic mass is 19.1. The number of hydrogen-bond donors (Lipinski definition) is 1. The van der Waals surface area contributed by atoms with Gasteiger partial charge in [-0.2, -0.15) is 5.10 Å². The number of halogens is 1. The van der Waals surface area contributed by atoms with E-state index in [1.54, 1.807) is 6.20 Å². The van der Waals surface area contributed by atoms with Crippen molar-refractivity contribution in [3.05, 3.63) is 41.6 Å². The second kappa shape index (κ2) is 7.12. The molecule has 0 unspecified atom stereocenters. The number of aromatic nitrogens is 4. The zero-order valence-electron chi connectivity index (χ0n) is 16.6. The minimum atomic E-state index is -0.440. The van der Waals surface area contributed by atoms with E-state index in [1.807, 2.05) is 18.7 Å². The van der Waals surface area contributed by atoms with Crippen molar-refractivity contribution >= 4 is 17.4 Å². The first-order valence-electron chi connectivity index (χ1n) is 9.89. The maximum absolute atomic E-state index is 14.0. The van der Waals surface area contributed by atoms with E-state index in [0.717, 1.165) is 6.20 Å². The minimum Gasteiger partial charge on any atom is -0.486 e. The molecule has 9 nitrogen and oxygen atoms in total. The summed E-state index contributed by atoms with van der Waals surface area (Å²) < 4.78 is 27.3. The molecule has 10 heteroatoms. The molecule has 2 aliphatic rings. The van der Waals surface area contributed by atoms with Gasteiger partial charge in [-0.25, -0.2) is 18.9 Å². The van der Waals surface area contributed by atoms with Crippen LogP contribution in [0.4, 0.5) is 10.2 Å². The average Bonchev–Trinajstić information content (AvgIpc) is 3.15. The minimum absolute atomic E-state index is 0.0303. The summed E-state index contributed by atoms with van der Waals surface area (Å²) in [5.74, 6) is 0.731. The number of amides is 1. The lowest BCUT2D eigenvalue weighted by Gasteiger charge is -2.35. The molecule has 0 aromatic carbocycles. The predicted octanol–water partition coefficient (Wildman–Crippen LogP) is 1.95. The third-order valence-corrected chi connectivity index (χ3v) is 5.45. The Kier molecular flexibility index (Phi) is 4.41. The first-order valence-corrected chi connectivity index (χ1v) is 9.89. The van der Waals surface area contributed by atoms with Crippen molar-refractivity contribution in [2.24, 2.45) is 0 Å². The molecule has 5 heterocycles. The molecular formula is C20H21FN6O3. The van der Waals surface area contributed by atoms with Gasteiger partial charge in [0.2, 0.25) is 5.88 Å². The smallest absolute Gasteiger partial charge is 0.257 e. The van der Waals surface area contributed by atoms with Gasteiger partial charge in [0.25, 0.3) is 5.91 Å². The Balaban J connectivity index is 1.69. The number of nitrogens with zero attached hydrogens (tertiary/aromatic N) is 5. The fourth-order valence-corrected chi connectivity index (χ4v) is 3.69. The van der Waals surface area contributed by atoms with E-state index < -0.39 is 5.82 Å². The van der Waals surface area contributed by atoms with Crippen molar-refractivity contribution in [3.8, 4) is 11.6 Å². The van der Waals surface area contributed by atoms with Gasteiger partial charge in [-0.1, -0.05) is 6.92 Å². The molecule has 0 aliphatic carbocycles. The Labute approximate surface area is 171 Å². The molecule has 1 N–H and O–H groups in total. The molecule has 3 aromatic heterocycles. The lowest BCUT2D eigenvalue weighted by Crippen LogP contribution is -2.41. The van der Waals surface area contributed by atoms with E-state index in [1.165, 1.54) is 16.8 Å². The van der Waals surface area contributed by atoms with Gasteiger partial charge >= 0.3 is 0 Å². The van der Waals surface area contributed by atoms with E-state index in [4.69, 9.17) is 14.5 Å². The molecule has 156 valence electrons. The SMILES string of the molecule is CC[C@@H]1COc2ncc(F)cc2CN2c3nc4c(cnn4cc3OC[C@H]2C)C(=O)N1. The first-order chi connectivity index (χ1) is 14.5. The molecule has 2 aliphatic heterocycles. The topological polar surface area (TPSA) is 93.9 Å². The van der Waals surface area contributed by atoms with Crippen LogP contribution in [0.2, 0.25) is 0 Å².